The molecule has 0 aliphatic heterocycles. The summed E-state index contributed by atoms with van der Waals surface area (Å²) in [4.78, 5) is 19.7. The number of fused-ring (bicyclic) bond motifs is 1. The number of aromatic hydroxyl groups is 1. The van der Waals surface area contributed by atoms with Crippen molar-refractivity contribution < 1.29 is 14.6 Å². The summed E-state index contributed by atoms with van der Waals surface area (Å²) in [6, 6.07) is 10.7. The Hall–Kier alpha value is -3.15. The summed E-state index contributed by atoms with van der Waals surface area (Å²) in [5.41, 5.74) is 1.48. The van der Waals surface area contributed by atoms with Crippen LogP contribution in [0, 0.1) is 0 Å². The second-order valence-corrected chi connectivity index (χ2v) is 5.37. The van der Waals surface area contributed by atoms with E-state index >= 15 is 0 Å². The maximum Gasteiger partial charge on any atom is 0.337 e. The van der Waals surface area contributed by atoms with Gasteiger partial charge in [-0.05, 0) is 42.1 Å². The average molecular weight is 323 g/mol. The van der Waals surface area contributed by atoms with Crippen LogP contribution in [-0.4, -0.2) is 28.2 Å². The third-order valence-corrected chi connectivity index (χ3v) is 3.84. The summed E-state index contributed by atoms with van der Waals surface area (Å²) >= 11 is 0. The summed E-state index contributed by atoms with van der Waals surface area (Å²) in [6.07, 6.45) is 3.23. The van der Waals surface area contributed by atoms with Gasteiger partial charge in [0.05, 0.1) is 18.1 Å². The molecule has 6 nitrogen and oxygen atoms in total. The van der Waals surface area contributed by atoms with Crippen molar-refractivity contribution in [3.63, 3.8) is 0 Å². The quantitative estimate of drug-likeness (QED) is 0.717. The number of esters is 1. The van der Waals surface area contributed by atoms with E-state index in [4.69, 9.17) is 4.74 Å². The highest BCUT2D eigenvalue weighted by Crippen LogP contribution is 2.30. The van der Waals surface area contributed by atoms with E-state index in [9.17, 15) is 9.90 Å². The molecule has 122 valence electrons. The topological polar surface area (TPSA) is 84.3 Å². The number of ether oxygens (including phenoxy) is 1. The molecule has 6 heteroatoms. The minimum Gasteiger partial charge on any atom is -0.493 e. The molecule has 3 rings (SSSR count). The van der Waals surface area contributed by atoms with Gasteiger partial charge in [-0.3, -0.25) is 0 Å². The van der Waals surface area contributed by atoms with E-state index in [1.165, 1.54) is 7.11 Å². The summed E-state index contributed by atoms with van der Waals surface area (Å²) in [6.45, 7) is 1.97. The third kappa shape index (κ3) is 2.99. The predicted molar refractivity (Wildman–Crippen MR) is 91.0 cm³/mol. The molecule has 0 saturated carbocycles. The molecule has 0 spiro atoms. The van der Waals surface area contributed by atoms with Gasteiger partial charge in [-0.25, -0.2) is 14.8 Å². The Balaban J connectivity index is 1.87. The number of pyridine rings is 2. The van der Waals surface area contributed by atoms with Gasteiger partial charge in [-0.1, -0.05) is 12.1 Å². The fourth-order valence-electron chi connectivity index (χ4n) is 2.53. The third-order valence-electron chi connectivity index (χ3n) is 3.84. The van der Waals surface area contributed by atoms with Gasteiger partial charge in [0.2, 0.25) is 5.88 Å². The van der Waals surface area contributed by atoms with Gasteiger partial charge in [0.25, 0.3) is 0 Å². The molecular formula is C18H17N3O3. The van der Waals surface area contributed by atoms with Crippen molar-refractivity contribution in [3.8, 4) is 5.88 Å². The molecule has 0 unspecified atom stereocenters. The van der Waals surface area contributed by atoms with Crippen LogP contribution in [0.1, 0.15) is 28.9 Å². The first-order valence-electron chi connectivity index (χ1n) is 7.47. The molecule has 0 amide bonds. The van der Waals surface area contributed by atoms with Crippen molar-refractivity contribution in [1.29, 1.82) is 0 Å². The lowest BCUT2D eigenvalue weighted by atomic mass is 10.1. The zero-order valence-electron chi connectivity index (χ0n) is 13.4. The van der Waals surface area contributed by atoms with Gasteiger partial charge >= 0.3 is 5.97 Å². The Labute approximate surface area is 139 Å². The number of carbonyl (C=O) groups is 1. The van der Waals surface area contributed by atoms with E-state index in [0.717, 1.165) is 10.9 Å². The van der Waals surface area contributed by atoms with Crippen LogP contribution in [0.15, 0.2) is 48.8 Å². The molecule has 1 atom stereocenters. The molecule has 1 aromatic carbocycles. The fraction of sp³-hybridized carbons (Fsp3) is 0.167. The molecular weight excluding hydrogens is 306 g/mol. The molecule has 0 radical (unpaired) electrons. The van der Waals surface area contributed by atoms with Crippen molar-refractivity contribution in [2.24, 2.45) is 0 Å². The van der Waals surface area contributed by atoms with Crippen molar-refractivity contribution in [2.45, 2.75) is 13.0 Å². The van der Waals surface area contributed by atoms with Gasteiger partial charge in [0.15, 0.2) is 0 Å². The van der Waals surface area contributed by atoms with Crippen LogP contribution in [0.4, 0.5) is 5.82 Å². The lowest BCUT2D eigenvalue weighted by molar-refractivity contribution is 0.0600. The highest BCUT2D eigenvalue weighted by atomic mass is 16.5. The Bertz CT molecular complexity index is 873. The molecule has 0 saturated heterocycles. The Morgan fingerprint density at radius 2 is 1.79 bits per heavy atom. The predicted octanol–water partition coefficient (Wildman–Crippen LogP) is 3.30. The number of nitrogens with one attached hydrogen (secondary N) is 1. The normalized spacial score (nSPS) is 11.9. The Morgan fingerprint density at radius 1 is 1.12 bits per heavy atom. The number of anilines is 1. The molecule has 2 aromatic heterocycles. The van der Waals surface area contributed by atoms with E-state index in [2.05, 4.69) is 15.3 Å². The molecule has 0 aliphatic carbocycles. The zero-order valence-corrected chi connectivity index (χ0v) is 13.4. The second kappa shape index (κ2) is 6.54. The molecule has 0 fully saturated rings. The molecule has 3 aromatic rings. The number of rotatable bonds is 4. The minimum absolute atomic E-state index is 0.0589. The number of hydrogen-bond donors (Lipinski definition) is 2. The van der Waals surface area contributed by atoms with Crippen LogP contribution >= 0.6 is 0 Å². The lowest BCUT2D eigenvalue weighted by Gasteiger charge is -2.17. The number of nitrogens with zero attached hydrogens (tertiary/aromatic N) is 2. The van der Waals surface area contributed by atoms with Crippen LogP contribution in [0.2, 0.25) is 0 Å². The van der Waals surface area contributed by atoms with Crippen LogP contribution in [0.3, 0.4) is 0 Å². The summed E-state index contributed by atoms with van der Waals surface area (Å²) in [5, 5.41) is 14.7. The number of methoxy groups -OCH3 is 1. The molecule has 0 bridgehead atoms. The summed E-state index contributed by atoms with van der Waals surface area (Å²) in [7, 11) is 1.35. The molecule has 24 heavy (non-hydrogen) atoms. The molecule has 2 N–H and O–H groups in total. The first kappa shape index (κ1) is 15.7. The highest BCUT2D eigenvalue weighted by Gasteiger charge is 2.13. The van der Waals surface area contributed by atoms with Gasteiger partial charge in [0, 0.05) is 18.4 Å². The molecule has 0 aliphatic rings. The smallest absolute Gasteiger partial charge is 0.337 e. The van der Waals surface area contributed by atoms with E-state index in [1.54, 1.807) is 24.5 Å². The van der Waals surface area contributed by atoms with E-state index in [1.807, 2.05) is 31.2 Å². The van der Waals surface area contributed by atoms with Crippen LogP contribution in [0.5, 0.6) is 5.88 Å². The maximum atomic E-state index is 11.5. The van der Waals surface area contributed by atoms with Crippen molar-refractivity contribution in [2.75, 3.05) is 12.4 Å². The highest BCUT2D eigenvalue weighted by molar-refractivity contribution is 5.95. The SMILES string of the molecule is COC(=O)c1ccc([C@H](C)Nc2nccc3ccnc(O)c23)cc1. The average Bonchev–Trinajstić information content (AvgIpc) is 2.61. The van der Waals surface area contributed by atoms with Crippen molar-refractivity contribution in [3.05, 3.63) is 59.9 Å². The lowest BCUT2D eigenvalue weighted by Crippen LogP contribution is -2.09. The second-order valence-electron chi connectivity index (χ2n) is 5.37. The fourth-order valence-corrected chi connectivity index (χ4v) is 2.53. The number of benzene rings is 1. The first-order chi connectivity index (χ1) is 11.6. The Morgan fingerprint density at radius 3 is 2.46 bits per heavy atom. The van der Waals surface area contributed by atoms with Gasteiger partial charge < -0.3 is 15.2 Å². The van der Waals surface area contributed by atoms with Crippen LogP contribution < -0.4 is 5.32 Å². The van der Waals surface area contributed by atoms with Crippen molar-refractivity contribution in [1.82, 2.24) is 9.97 Å². The summed E-state index contributed by atoms with van der Waals surface area (Å²) < 4.78 is 4.69. The number of carbonyl (C=O) groups excluding carboxylic acids is 1. The van der Waals surface area contributed by atoms with Gasteiger partial charge in [-0.2, -0.15) is 0 Å². The standard InChI is InChI=1S/C18H17N3O3/c1-11(12-3-5-14(6-4-12)18(23)24-2)21-16-15-13(7-9-19-16)8-10-20-17(15)22/h3-11H,1-2H3,(H,19,21)(H,20,22)/t11-/m0/s1. The van der Waals surface area contributed by atoms with Gasteiger partial charge in [-0.15, -0.1) is 0 Å². The summed E-state index contributed by atoms with van der Waals surface area (Å²) in [5.74, 6) is 0.132. The van der Waals surface area contributed by atoms with E-state index in [-0.39, 0.29) is 17.9 Å². The van der Waals surface area contributed by atoms with Crippen molar-refractivity contribution >= 4 is 22.6 Å². The maximum absolute atomic E-state index is 11.5. The zero-order chi connectivity index (χ0) is 17.1. The number of hydrogen-bond acceptors (Lipinski definition) is 6. The van der Waals surface area contributed by atoms with Crippen LogP contribution in [-0.2, 0) is 4.74 Å². The Kier molecular flexibility index (Phi) is 4.29. The van der Waals surface area contributed by atoms with E-state index in [0.29, 0.717) is 16.8 Å². The largest absolute Gasteiger partial charge is 0.493 e. The van der Waals surface area contributed by atoms with E-state index < -0.39 is 0 Å². The van der Waals surface area contributed by atoms with Gasteiger partial charge in [0.1, 0.15) is 5.82 Å². The monoisotopic (exact) mass is 323 g/mol. The van der Waals surface area contributed by atoms with Crippen LogP contribution in [0.25, 0.3) is 10.8 Å². The first-order valence-corrected chi connectivity index (χ1v) is 7.47. The minimum atomic E-state index is -0.367. The number of aromatic nitrogens is 2. The molecule has 2 heterocycles.